The average molecular weight is 294 g/mol. The van der Waals surface area contributed by atoms with Crippen molar-refractivity contribution in [1.82, 2.24) is 10.2 Å². The second-order valence-electron chi connectivity index (χ2n) is 4.25. The van der Waals surface area contributed by atoms with Gasteiger partial charge >= 0.3 is 0 Å². The smallest absolute Gasteiger partial charge is 0.237 e. The van der Waals surface area contributed by atoms with Gasteiger partial charge in [0.1, 0.15) is 5.37 Å². The topological polar surface area (TPSA) is 66.5 Å². The van der Waals surface area contributed by atoms with Crippen LogP contribution in [0.2, 0.25) is 0 Å². The minimum atomic E-state index is -3.19. The average Bonchev–Trinajstić information content (AvgIpc) is 2.39. The molecule has 18 heavy (non-hydrogen) atoms. The van der Waals surface area contributed by atoms with Crippen molar-refractivity contribution >= 4 is 27.5 Å². The molecular weight excluding hydrogens is 272 g/mol. The number of hydrogen-bond acceptors (Lipinski definition) is 5. The zero-order chi connectivity index (χ0) is 13.6. The van der Waals surface area contributed by atoms with Crippen LogP contribution < -0.4 is 5.32 Å². The van der Waals surface area contributed by atoms with Crippen molar-refractivity contribution in [2.24, 2.45) is 0 Å². The number of thioether (sulfide) groups is 1. The van der Waals surface area contributed by atoms with E-state index in [0.29, 0.717) is 12.3 Å². The van der Waals surface area contributed by atoms with Crippen molar-refractivity contribution in [3.05, 3.63) is 0 Å². The van der Waals surface area contributed by atoms with Crippen LogP contribution in [-0.2, 0) is 14.6 Å². The fourth-order valence-electron chi connectivity index (χ4n) is 1.83. The highest BCUT2D eigenvalue weighted by atomic mass is 32.2. The van der Waals surface area contributed by atoms with Gasteiger partial charge in [-0.05, 0) is 13.0 Å². The van der Waals surface area contributed by atoms with Gasteiger partial charge in [-0.2, -0.15) is 11.8 Å². The number of nitrogens with one attached hydrogen (secondary N) is 1. The molecule has 5 nitrogen and oxygen atoms in total. The normalized spacial score (nSPS) is 21.0. The van der Waals surface area contributed by atoms with E-state index < -0.39 is 15.2 Å². The summed E-state index contributed by atoms with van der Waals surface area (Å²) < 4.78 is 23.9. The molecule has 0 aliphatic carbocycles. The predicted octanol–water partition coefficient (Wildman–Crippen LogP) is 0.322. The van der Waals surface area contributed by atoms with E-state index in [1.54, 1.807) is 18.7 Å². The molecule has 1 amide bonds. The van der Waals surface area contributed by atoms with Gasteiger partial charge in [0.15, 0.2) is 9.84 Å². The molecule has 1 heterocycles. The molecule has 1 fully saturated rings. The molecule has 1 aliphatic rings. The summed E-state index contributed by atoms with van der Waals surface area (Å²) in [6.45, 7) is 5.20. The molecule has 0 spiro atoms. The largest absolute Gasteiger partial charge is 0.323 e. The molecule has 0 saturated carbocycles. The summed E-state index contributed by atoms with van der Waals surface area (Å²) in [4.78, 5) is 13.6. The van der Waals surface area contributed by atoms with Crippen molar-refractivity contribution in [2.75, 3.05) is 36.9 Å². The maximum absolute atomic E-state index is 12.0. The summed E-state index contributed by atoms with van der Waals surface area (Å²) in [5, 5.41) is 2.39. The van der Waals surface area contributed by atoms with Crippen molar-refractivity contribution < 1.29 is 13.2 Å². The van der Waals surface area contributed by atoms with Crippen molar-refractivity contribution in [2.45, 2.75) is 25.6 Å². The Labute approximate surface area is 114 Å². The maximum atomic E-state index is 12.0. The first-order chi connectivity index (χ1) is 8.53. The lowest BCUT2D eigenvalue weighted by atomic mass is 10.4. The van der Waals surface area contributed by atoms with Crippen LogP contribution in [0.25, 0.3) is 0 Å². The maximum Gasteiger partial charge on any atom is 0.237 e. The summed E-state index contributed by atoms with van der Waals surface area (Å²) in [7, 11) is -3.19. The van der Waals surface area contributed by atoms with Gasteiger partial charge in [-0.1, -0.05) is 13.8 Å². The Morgan fingerprint density at radius 1 is 1.44 bits per heavy atom. The Bertz CT molecular complexity index is 370. The van der Waals surface area contributed by atoms with Crippen LogP contribution in [0.4, 0.5) is 0 Å². The molecule has 7 heteroatoms. The van der Waals surface area contributed by atoms with Crippen molar-refractivity contribution in [3.63, 3.8) is 0 Å². The lowest BCUT2D eigenvalue weighted by Crippen LogP contribution is -2.53. The Kier molecular flexibility index (Phi) is 6.45. The monoisotopic (exact) mass is 294 g/mol. The highest BCUT2D eigenvalue weighted by Crippen LogP contribution is 2.21. The Hall–Kier alpha value is -0.270. The van der Waals surface area contributed by atoms with Crippen LogP contribution in [0, 0.1) is 0 Å². The summed E-state index contributed by atoms with van der Waals surface area (Å²) in [5.41, 5.74) is 0. The molecule has 0 aromatic heterocycles. The zero-order valence-electron chi connectivity index (χ0n) is 11.0. The van der Waals surface area contributed by atoms with E-state index in [9.17, 15) is 13.2 Å². The lowest BCUT2D eigenvalue weighted by molar-refractivity contribution is -0.130. The van der Waals surface area contributed by atoms with Gasteiger partial charge in [-0.3, -0.25) is 4.79 Å². The minimum Gasteiger partial charge on any atom is -0.323 e. The number of amides is 1. The number of sulfone groups is 1. The summed E-state index contributed by atoms with van der Waals surface area (Å²) >= 11 is 1.60. The zero-order valence-corrected chi connectivity index (χ0v) is 12.6. The quantitative estimate of drug-likeness (QED) is 0.715. The fourth-order valence-corrected chi connectivity index (χ4v) is 4.82. The van der Waals surface area contributed by atoms with Gasteiger partial charge in [0.2, 0.25) is 5.91 Å². The highest BCUT2D eigenvalue weighted by Gasteiger charge is 2.35. The van der Waals surface area contributed by atoms with Crippen LogP contribution in [0.15, 0.2) is 0 Å². The molecule has 1 unspecified atom stereocenters. The van der Waals surface area contributed by atoms with Gasteiger partial charge < -0.3 is 10.2 Å². The van der Waals surface area contributed by atoms with Gasteiger partial charge in [0.05, 0.1) is 6.54 Å². The molecule has 0 bridgehead atoms. The first-order valence-corrected chi connectivity index (χ1v) is 9.19. The van der Waals surface area contributed by atoms with E-state index >= 15 is 0 Å². The van der Waals surface area contributed by atoms with Crippen LogP contribution in [0.3, 0.4) is 0 Å². The van der Waals surface area contributed by atoms with E-state index in [0.717, 1.165) is 18.7 Å². The summed E-state index contributed by atoms with van der Waals surface area (Å²) in [6.07, 6.45) is 0.958. The molecule has 0 aromatic rings. The highest BCUT2D eigenvalue weighted by molar-refractivity contribution is 8.01. The Balaban J connectivity index is 2.67. The van der Waals surface area contributed by atoms with E-state index in [4.69, 9.17) is 0 Å². The van der Waals surface area contributed by atoms with E-state index in [1.807, 2.05) is 6.92 Å². The Morgan fingerprint density at radius 2 is 2.17 bits per heavy atom. The van der Waals surface area contributed by atoms with Crippen LogP contribution >= 0.6 is 11.8 Å². The van der Waals surface area contributed by atoms with Gasteiger partial charge in [-0.25, -0.2) is 8.42 Å². The SMILES string of the molecule is CCCNCC(=O)N1CCSCC1S(=O)(=O)CC. The third kappa shape index (κ3) is 4.13. The number of carbonyl (C=O) groups is 1. The van der Waals surface area contributed by atoms with Gasteiger partial charge in [-0.15, -0.1) is 0 Å². The molecule has 1 atom stereocenters. The molecule has 1 rings (SSSR count). The third-order valence-corrected chi connectivity index (χ3v) is 6.21. The number of nitrogens with zero attached hydrogens (tertiary/aromatic N) is 1. The Morgan fingerprint density at radius 3 is 2.78 bits per heavy atom. The molecular formula is C11H22N2O3S2. The molecule has 1 saturated heterocycles. The first-order valence-electron chi connectivity index (χ1n) is 6.32. The minimum absolute atomic E-state index is 0.0877. The molecule has 0 radical (unpaired) electrons. The first kappa shape index (κ1) is 15.8. The van der Waals surface area contributed by atoms with E-state index in [1.165, 1.54) is 4.90 Å². The van der Waals surface area contributed by atoms with E-state index in [-0.39, 0.29) is 18.2 Å². The molecule has 1 N–H and O–H groups in total. The molecule has 106 valence electrons. The van der Waals surface area contributed by atoms with Gasteiger partial charge in [0.25, 0.3) is 0 Å². The van der Waals surface area contributed by atoms with E-state index in [2.05, 4.69) is 5.32 Å². The summed E-state index contributed by atoms with van der Waals surface area (Å²) in [6, 6.07) is 0. The summed E-state index contributed by atoms with van der Waals surface area (Å²) in [5.74, 6) is 1.29. The lowest BCUT2D eigenvalue weighted by Gasteiger charge is -2.34. The molecule has 1 aliphatic heterocycles. The van der Waals surface area contributed by atoms with Crippen LogP contribution in [0.1, 0.15) is 20.3 Å². The molecule has 0 aromatic carbocycles. The second kappa shape index (κ2) is 7.35. The van der Waals surface area contributed by atoms with Crippen LogP contribution in [0.5, 0.6) is 0 Å². The van der Waals surface area contributed by atoms with Gasteiger partial charge in [0, 0.05) is 23.8 Å². The van der Waals surface area contributed by atoms with Crippen molar-refractivity contribution in [1.29, 1.82) is 0 Å². The predicted molar refractivity (Wildman–Crippen MR) is 75.4 cm³/mol. The number of hydrogen-bond donors (Lipinski definition) is 1. The fraction of sp³-hybridized carbons (Fsp3) is 0.909. The number of carbonyl (C=O) groups excluding carboxylic acids is 1. The number of rotatable bonds is 6. The standard InChI is InChI=1S/C11H22N2O3S2/c1-3-5-12-8-10(14)13-6-7-17-9-11(13)18(15,16)4-2/h11-12H,3-9H2,1-2H3. The third-order valence-electron chi connectivity index (χ3n) is 2.92. The van der Waals surface area contributed by atoms with Crippen LogP contribution in [-0.4, -0.2) is 61.5 Å². The van der Waals surface area contributed by atoms with Crippen molar-refractivity contribution in [3.8, 4) is 0 Å². The second-order valence-corrected chi connectivity index (χ2v) is 7.84.